The van der Waals surface area contributed by atoms with Crippen LogP contribution in [-0.2, 0) is 28.6 Å². The Kier molecular flexibility index (Phi) is 63.3. The minimum absolute atomic E-state index is 0.113. The molecule has 0 bridgehead atoms. The zero-order valence-electron chi connectivity index (χ0n) is 51.9. The van der Waals surface area contributed by atoms with Crippen LogP contribution in [0.15, 0.2) is 109 Å². The molecule has 0 N–H and O–H groups in total. The van der Waals surface area contributed by atoms with E-state index in [-0.39, 0.29) is 44.0 Å². The van der Waals surface area contributed by atoms with Crippen molar-refractivity contribution in [3.05, 3.63) is 109 Å². The first-order valence-electron chi connectivity index (χ1n) is 33.4. The van der Waals surface area contributed by atoms with Crippen LogP contribution in [0.2, 0.25) is 0 Å². The molecule has 0 aromatic carbocycles. The highest BCUT2D eigenvalue weighted by atomic mass is 16.6. The van der Waals surface area contributed by atoms with Gasteiger partial charge < -0.3 is 14.2 Å². The molecular weight excluding hydrogens is 973 g/mol. The first kappa shape index (κ1) is 75.1. The second-order valence-corrected chi connectivity index (χ2v) is 22.0. The number of hydrogen-bond acceptors (Lipinski definition) is 6. The lowest BCUT2D eigenvalue weighted by Gasteiger charge is -2.18. The van der Waals surface area contributed by atoms with E-state index in [2.05, 4.69) is 124 Å². The Morgan fingerprint density at radius 2 is 0.519 bits per heavy atom. The Labute approximate surface area is 489 Å². The summed E-state index contributed by atoms with van der Waals surface area (Å²) >= 11 is 0. The summed E-state index contributed by atoms with van der Waals surface area (Å²) in [5, 5.41) is 0. The van der Waals surface area contributed by atoms with E-state index in [1.807, 2.05) is 6.08 Å². The van der Waals surface area contributed by atoms with Crippen molar-refractivity contribution in [3.63, 3.8) is 0 Å². The van der Waals surface area contributed by atoms with Gasteiger partial charge in [0, 0.05) is 19.3 Å². The molecule has 6 heteroatoms. The molecule has 0 radical (unpaired) electrons. The molecule has 1 atom stereocenters. The van der Waals surface area contributed by atoms with Gasteiger partial charge in [0.1, 0.15) is 13.2 Å². The van der Waals surface area contributed by atoms with Crippen molar-refractivity contribution in [2.45, 2.75) is 322 Å². The second-order valence-electron chi connectivity index (χ2n) is 22.0. The van der Waals surface area contributed by atoms with E-state index >= 15 is 0 Å². The fourth-order valence-electron chi connectivity index (χ4n) is 9.37. The van der Waals surface area contributed by atoms with Gasteiger partial charge in [-0.2, -0.15) is 0 Å². The molecule has 1 unspecified atom stereocenters. The molecule has 6 nitrogen and oxygen atoms in total. The van der Waals surface area contributed by atoms with Gasteiger partial charge in [-0.1, -0.05) is 316 Å². The van der Waals surface area contributed by atoms with Crippen LogP contribution in [0.4, 0.5) is 0 Å². The average molecular weight is 1100 g/mol. The topological polar surface area (TPSA) is 78.9 Å². The molecule has 0 aromatic rings. The number of ether oxygens (including phenoxy) is 3. The van der Waals surface area contributed by atoms with Crippen LogP contribution in [0, 0.1) is 0 Å². The van der Waals surface area contributed by atoms with Crippen LogP contribution in [0.5, 0.6) is 0 Å². The summed E-state index contributed by atoms with van der Waals surface area (Å²) in [6, 6.07) is 0. The van der Waals surface area contributed by atoms with E-state index < -0.39 is 6.10 Å². The smallest absolute Gasteiger partial charge is 0.306 e. The molecule has 0 fully saturated rings. The van der Waals surface area contributed by atoms with Gasteiger partial charge in [-0.05, 0) is 89.9 Å². The van der Waals surface area contributed by atoms with Crippen LogP contribution in [0.1, 0.15) is 316 Å². The predicted molar refractivity (Wildman–Crippen MR) is 343 cm³/mol. The highest BCUT2D eigenvalue weighted by Crippen LogP contribution is 2.17. The fourth-order valence-corrected chi connectivity index (χ4v) is 9.37. The fraction of sp³-hybridized carbons (Fsp3) is 0.712. The van der Waals surface area contributed by atoms with Crippen molar-refractivity contribution in [2.75, 3.05) is 13.2 Å². The highest BCUT2D eigenvalue weighted by molar-refractivity contribution is 5.71. The number of esters is 3. The minimum atomic E-state index is -0.826. The predicted octanol–water partition coefficient (Wildman–Crippen LogP) is 23.0. The number of hydrogen-bond donors (Lipinski definition) is 0. The van der Waals surface area contributed by atoms with Crippen LogP contribution in [0.3, 0.4) is 0 Å². The third kappa shape index (κ3) is 64.8. The van der Waals surface area contributed by atoms with Crippen LogP contribution in [0.25, 0.3) is 0 Å². The molecule has 0 aliphatic carbocycles. The lowest BCUT2D eigenvalue weighted by Crippen LogP contribution is -2.30. The molecule has 0 aromatic heterocycles. The number of unbranched alkanes of at least 4 members (excludes halogenated alkanes) is 31. The SMILES string of the molecule is CC/C=C\C/C=C\C/C=C\C/C=C\C/C=C\CCCCCC(=O)OC(COC(=O)CC/C=C\C/C=C\C/C=C\C/C=C\CC)COC(=O)CCCCCCCCCCCCCCCCCCCCCCCCCCCCCCC. The van der Waals surface area contributed by atoms with Gasteiger partial charge in [-0.3, -0.25) is 14.4 Å². The van der Waals surface area contributed by atoms with E-state index in [0.717, 1.165) is 96.3 Å². The zero-order chi connectivity index (χ0) is 57.1. The van der Waals surface area contributed by atoms with E-state index in [0.29, 0.717) is 19.3 Å². The molecule has 452 valence electrons. The van der Waals surface area contributed by atoms with Gasteiger partial charge in [0.15, 0.2) is 6.10 Å². The maximum Gasteiger partial charge on any atom is 0.306 e. The van der Waals surface area contributed by atoms with E-state index in [1.165, 1.54) is 167 Å². The minimum Gasteiger partial charge on any atom is -0.462 e. The summed E-state index contributed by atoms with van der Waals surface area (Å²) in [4.78, 5) is 38.3. The van der Waals surface area contributed by atoms with Crippen molar-refractivity contribution in [3.8, 4) is 0 Å². The molecule has 0 amide bonds. The summed E-state index contributed by atoms with van der Waals surface area (Å²) in [6.07, 6.45) is 91.4. The molecule has 79 heavy (non-hydrogen) atoms. The van der Waals surface area contributed by atoms with Gasteiger partial charge >= 0.3 is 17.9 Å². The molecule has 0 saturated carbocycles. The van der Waals surface area contributed by atoms with Gasteiger partial charge in [-0.25, -0.2) is 0 Å². The summed E-state index contributed by atoms with van der Waals surface area (Å²) in [7, 11) is 0. The number of carbonyl (C=O) groups excluding carboxylic acids is 3. The Balaban J connectivity index is 4.29. The average Bonchev–Trinajstić information content (AvgIpc) is 3.45. The van der Waals surface area contributed by atoms with Gasteiger partial charge in [0.25, 0.3) is 0 Å². The van der Waals surface area contributed by atoms with Crippen molar-refractivity contribution in [1.82, 2.24) is 0 Å². The molecule has 0 aliphatic heterocycles. The standard InChI is InChI=1S/C73H124O6/c1-4-7-10-13-16-19-22-25-27-29-31-32-33-34-35-36-37-38-39-40-42-43-45-48-51-54-57-60-63-66-72(75)78-69-70(68-77-71(74)65-62-59-56-53-50-47-24-21-18-15-12-9-6-3)79-73(76)67-64-61-58-55-52-49-46-44-41-30-28-26-23-20-17-14-11-8-5-2/h8-9,11-12,17-18,20-21,26,28,41,44,47,49-50,52,56,59,70H,4-7,10,13-16,19,22-25,27,29-40,42-43,45-46,48,51,53-55,57-58,60-69H2,1-3H3/b11-8-,12-9-,20-17-,21-18-,28-26-,44-41-,50-47-,52-49-,59-56-. The Bertz CT molecular complexity index is 1590. The van der Waals surface area contributed by atoms with Crippen molar-refractivity contribution in [2.24, 2.45) is 0 Å². The van der Waals surface area contributed by atoms with Gasteiger partial charge in [-0.15, -0.1) is 0 Å². The first-order valence-corrected chi connectivity index (χ1v) is 33.4. The first-order chi connectivity index (χ1) is 39.0. The Morgan fingerprint density at radius 3 is 0.848 bits per heavy atom. The largest absolute Gasteiger partial charge is 0.462 e. The van der Waals surface area contributed by atoms with Crippen LogP contribution in [-0.4, -0.2) is 37.2 Å². The second kappa shape index (κ2) is 66.6. The normalized spacial score (nSPS) is 12.8. The molecule has 0 aliphatic rings. The Hall–Kier alpha value is -3.93. The lowest BCUT2D eigenvalue weighted by atomic mass is 10.0. The van der Waals surface area contributed by atoms with E-state index in [4.69, 9.17) is 14.2 Å². The number of carbonyl (C=O) groups is 3. The monoisotopic (exact) mass is 1100 g/mol. The highest BCUT2D eigenvalue weighted by Gasteiger charge is 2.19. The van der Waals surface area contributed by atoms with Crippen molar-refractivity contribution in [1.29, 1.82) is 0 Å². The zero-order valence-corrected chi connectivity index (χ0v) is 51.9. The number of allylic oxidation sites excluding steroid dienone is 18. The van der Waals surface area contributed by atoms with E-state index in [9.17, 15) is 14.4 Å². The maximum atomic E-state index is 12.9. The van der Waals surface area contributed by atoms with Gasteiger partial charge in [0.05, 0.1) is 0 Å². The maximum absolute atomic E-state index is 12.9. The van der Waals surface area contributed by atoms with Crippen LogP contribution >= 0.6 is 0 Å². The Morgan fingerprint density at radius 1 is 0.266 bits per heavy atom. The van der Waals surface area contributed by atoms with Gasteiger partial charge in [0.2, 0.25) is 0 Å². The van der Waals surface area contributed by atoms with Crippen LogP contribution < -0.4 is 0 Å². The molecule has 0 saturated heterocycles. The summed E-state index contributed by atoms with van der Waals surface area (Å²) in [5.41, 5.74) is 0. The van der Waals surface area contributed by atoms with E-state index in [1.54, 1.807) is 0 Å². The third-order valence-electron chi connectivity index (χ3n) is 14.3. The molecular formula is C73H124O6. The lowest BCUT2D eigenvalue weighted by molar-refractivity contribution is -0.166. The summed E-state index contributed by atoms with van der Waals surface area (Å²) in [6.45, 7) is 6.35. The molecule has 0 rings (SSSR count). The molecule has 0 spiro atoms. The summed E-state index contributed by atoms with van der Waals surface area (Å²) < 4.78 is 16.8. The quantitative estimate of drug-likeness (QED) is 0.0261. The summed E-state index contributed by atoms with van der Waals surface area (Å²) in [5.74, 6) is -1.02. The number of rotatable bonds is 60. The molecule has 0 heterocycles. The van der Waals surface area contributed by atoms with Crippen molar-refractivity contribution < 1.29 is 28.6 Å². The van der Waals surface area contributed by atoms with Crippen molar-refractivity contribution >= 4 is 17.9 Å². The third-order valence-corrected chi connectivity index (χ3v) is 14.3.